The van der Waals surface area contributed by atoms with E-state index in [-0.39, 0.29) is 5.91 Å². The van der Waals surface area contributed by atoms with E-state index in [9.17, 15) is 4.79 Å². The lowest BCUT2D eigenvalue weighted by molar-refractivity contribution is -0.111. The maximum Gasteiger partial charge on any atom is 0.248 e. The van der Waals surface area contributed by atoms with E-state index < -0.39 is 0 Å². The second kappa shape index (κ2) is 6.05. The van der Waals surface area contributed by atoms with Crippen LogP contribution >= 0.6 is 0 Å². The van der Waals surface area contributed by atoms with Gasteiger partial charge in [-0.1, -0.05) is 25.1 Å². The van der Waals surface area contributed by atoms with Crippen LogP contribution < -0.4 is 5.32 Å². The maximum atomic E-state index is 11.9. The molecule has 98 valence electrons. The fraction of sp³-hybridized carbons (Fsp3) is 0.188. The normalized spacial score (nSPS) is 10.8. The highest BCUT2D eigenvalue weighted by molar-refractivity contribution is 6.02. The van der Waals surface area contributed by atoms with Crippen molar-refractivity contribution in [3.05, 3.63) is 59.6 Å². The fourth-order valence-electron chi connectivity index (χ4n) is 1.91. The van der Waals surface area contributed by atoms with E-state index in [4.69, 9.17) is 4.42 Å². The summed E-state index contributed by atoms with van der Waals surface area (Å²) in [5.41, 5.74) is 3.11. The quantitative estimate of drug-likeness (QED) is 0.844. The van der Waals surface area contributed by atoms with Gasteiger partial charge in [-0.3, -0.25) is 4.79 Å². The van der Waals surface area contributed by atoms with Gasteiger partial charge >= 0.3 is 0 Å². The summed E-state index contributed by atoms with van der Waals surface area (Å²) >= 11 is 0. The first-order valence-corrected chi connectivity index (χ1v) is 6.31. The van der Waals surface area contributed by atoms with Gasteiger partial charge in [-0.05, 0) is 42.7 Å². The monoisotopic (exact) mass is 255 g/mol. The van der Waals surface area contributed by atoms with Gasteiger partial charge in [0.05, 0.1) is 6.26 Å². The summed E-state index contributed by atoms with van der Waals surface area (Å²) in [7, 11) is 0. The number of anilines is 1. The summed E-state index contributed by atoms with van der Waals surface area (Å²) in [6.45, 7) is 4.06. The van der Waals surface area contributed by atoms with Gasteiger partial charge in [-0.2, -0.15) is 0 Å². The van der Waals surface area contributed by atoms with Crippen LogP contribution in [0.3, 0.4) is 0 Å². The van der Waals surface area contributed by atoms with Gasteiger partial charge in [-0.15, -0.1) is 0 Å². The van der Waals surface area contributed by atoms with Crippen LogP contribution in [0.2, 0.25) is 0 Å². The summed E-state index contributed by atoms with van der Waals surface area (Å²) in [5, 5.41) is 2.92. The molecule has 0 saturated carbocycles. The maximum absolute atomic E-state index is 11.9. The minimum absolute atomic E-state index is 0.152. The molecular weight excluding hydrogens is 238 g/mol. The summed E-state index contributed by atoms with van der Waals surface area (Å²) < 4.78 is 5.14. The van der Waals surface area contributed by atoms with E-state index in [1.807, 2.05) is 25.1 Å². The van der Waals surface area contributed by atoms with Gasteiger partial charge in [0.15, 0.2) is 0 Å². The number of hydrogen-bond acceptors (Lipinski definition) is 2. The molecule has 2 aromatic rings. The third-order valence-corrected chi connectivity index (χ3v) is 2.93. The highest BCUT2D eigenvalue weighted by Crippen LogP contribution is 2.21. The van der Waals surface area contributed by atoms with E-state index >= 15 is 0 Å². The first kappa shape index (κ1) is 13.1. The van der Waals surface area contributed by atoms with Crippen LogP contribution in [0.4, 0.5) is 5.69 Å². The number of benzene rings is 1. The summed E-state index contributed by atoms with van der Waals surface area (Å²) in [6.07, 6.45) is 5.59. The lowest BCUT2D eigenvalue weighted by Gasteiger charge is -2.11. The number of aryl methyl sites for hydroxylation is 2. The van der Waals surface area contributed by atoms with Gasteiger partial charge in [0, 0.05) is 11.8 Å². The third kappa shape index (κ3) is 3.35. The lowest BCUT2D eigenvalue weighted by atomic mass is 10.1. The van der Waals surface area contributed by atoms with Crippen molar-refractivity contribution in [1.29, 1.82) is 0 Å². The molecule has 3 nitrogen and oxygen atoms in total. The summed E-state index contributed by atoms with van der Waals surface area (Å²) in [6, 6.07) is 9.61. The van der Waals surface area contributed by atoms with Crippen molar-refractivity contribution in [3.8, 4) is 0 Å². The van der Waals surface area contributed by atoms with E-state index in [2.05, 4.69) is 12.2 Å². The topological polar surface area (TPSA) is 42.2 Å². The molecule has 1 amide bonds. The van der Waals surface area contributed by atoms with Crippen molar-refractivity contribution in [2.45, 2.75) is 20.3 Å². The number of nitrogens with one attached hydrogen (secondary N) is 1. The van der Waals surface area contributed by atoms with Crippen LogP contribution in [0.25, 0.3) is 6.08 Å². The van der Waals surface area contributed by atoms with E-state index in [1.165, 1.54) is 6.08 Å². The molecule has 1 aromatic carbocycles. The zero-order valence-corrected chi connectivity index (χ0v) is 11.1. The van der Waals surface area contributed by atoms with Crippen molar-refractivity contribution in [1.82, 2.24) is 0 Å². The van der Waals surface area contributed by atoms with Gasteiger partial charge < -0.3 is 9.73 Å². The Bertz CT molecular complexity index is 583. The molecule has 1 aromatic heterocycles. The average Bonchev–Trinajstić information content (AvgIpc) is 2.92. The molecule has 2 rings (SSSR count). The first-order chi connectivity index (χ1) is 9.20. The number of furan rings is 1. The summed E-state index contributed by atoms with van der Waals surface area (Å²) in [4.78, 5) is 11.9. The van der Waals surface area contributed by atoms with Crippen LogP contribution in [-0.2, 0) is 11.2 Å². The largest absolute Gasteiger partial charge is 0.465 e. The molecule has 0 saturated heterocycles. The number of para-hydroxylation sites is 1. The second-order valence-corrected chi connectivity index (χ2v) is 4.30. The van der Waals surface area contributed by atoms with Crippen LogP contribution in [0, 0.1) is 6.92 Å². The lowest BCUT2D eigenvalue weighted by Crippen LogP contribution is -2.10. The molecular formula is C16H17NO2. The second-order valence-electron chi connectivity index (χ2n) is 4.30. The molecule has 1 heterocycles. The van der Waals surface area contributed by atoms with Gasteiger partial charge in [0.25, 0.3) is 0 Å². The van der Waals surface area contributed by atoms with E-state index in [0.29, 0.717) is 5.76 Å². The highest BCUT2D eigenvalue weighted by Gasteiger charge is 2.06. The van der Waals surface area contributed by atoms with Crippen molar-refractivity contribution in [2.24, 2.45) is 0 Å². The molecule has 1 N–H and O–H groups in total. The van der Waals surface area contributed by atoms with Gasteiger partial charge in [-0.25, -0.2) is 0 Å². The number of hydrogen-bond donors (Lipinski definition) is 1. The molecule has 0 fully saturated rings. The Morgan fingerprint density at radius 2 is 2.16 bits per heavy atom. The van der Waals surface area contributed by atoms with E-state index in [0.717, 1.165) is 23.2 Å². The SMILES string of the molecule is CCc1cccc(C)c1NC(=O)/C=C\c1ccco1. The molecule has 0 radical (unpaired) electrons. The smallest absolute Gasteiger partial charge is 0.248 e. The minimum Gasteiger partial charge on any atom is -0.465 e. The van der Waals surface area contributed by atoms with Crippen molar-refractivity contribution in [2.75, 3.05) is 5.32 Å². The van der Waals surface area contributed by atoms with Crippen LogP contribution in [0.1, 0.15) is 23.8 Å². The molecule has 0 unspecified atom stereocenters. The standard InChI is InChI=1S/C16H17NO2/c1-3-13-7-4-6-12(2)16(13)17-15(18)10-9-14-8-5-11-19-14/h4-11H,3H2,1-2H3,(H,17,18)/b10-9-. The Morgan fingerprint density at radius 1 is 1.32 bits per heavy atom. The Morgan fingerprint density at radius 3 is 2.84 bits per heavy atom. The van der Waals surface area contributed by atoms with Gasteiger partial charge in [0.2, 0.25) is 5.91 Å². The average molecular weight is 255 g/mol. The van der Waals surface area contributed by atoms with Crippen molar-refractivity contribution >= 4 is 17.7 Å². The van der Waals surface area contributed by atoms with E-state index in [1.54, 1.807) is 24.5 Å². The number of rotatable bonds is 4. The molecule has 3 heteroatoms. The molecule has 0 aliphatic carbocycles. The van der Waals surface area contributed by atoms with Crippen molar-refractivity contribution < 1.29 is 9.21 Å². The Kier molecular flexibility index (Phi) is 4.18. The summed E-state index contributed by atoms with van der Waals surface area (Å²) in [5.74, 6) is 0.510. The molecule has 0 aliphatic rings. The molecule has 0 atom stereocenters. The van der Waals surface area contributed by atoms with Crippen LogP contribution in [-0.4, -0.2) is 5.91 Å². The minimum atomic E-state index is -0.152. The number of carbonyl (C=O) groups is 1. The Labute approximate surface area is 112 Å². The Hall–Kier alpha value is -2.29. The van der Waals surface area contributed by atoms with Gasteiger partial charge in [0.1, 0.15) is 5.76 Å². The Balaban J connectivity index is 2.11. The van der Waals surface area contributed by atoms with Crippen LogP contribution in [0.15, 0.2) is 47.1 Å². The zero-order chi connectivity index (χ0) is 13.7. The molecule has 0 bridgehead atoms. The predicted molar refractivity (Wildman–Crippen MR) is 76.9 cm³/mol. The van der Waals surface area contributed by atoms with Crippen molar-refractivity contribution in [3.63, 3.8) is 0 Å². The molecule has 0 aliphatic heterocycles. The fourth-order valence-corrected chi connectivity index (χ4v) is 1.91. The third-order valence-electron chi connectivity index (χ3n) is 2.93. The predicted octanol–water partition coefficient (Wildman–Crippen LogP) is 3.80. The number of carbonyl (C=O) groups excluding carboxylic acids is 1. The molecule has 0 spiro atoms. The number of amides is 1. The molecule has 19 heavy (non-hydrogen) atoms. The highest BCUT2D eigenvalue weighted by atomic mass is 16.3. The zero-order valence-electron chi connectivity index (χ0n) is 11.1. The van der Waals surface area contributed by atoms with Crippen LogP contribution in [0.5, 0.6) is 0 Å². The first-order valence-electron chi connectivity index (χ1n) is 6.31.